The molecule has 2 aromatic carbocycles. The van der Waals surface area contributed by atoms with E-state index in [0.29, 0.717) is 28.1 Å². The van der Waals surface area contributed by atoms with Crippen LogP contribution in [0.2, 0.25) is 5.02 Å². The molecule has 1 heterocycles. The van der Waals surface area contributed by atoms with E-state index in [1.807, 2.05) is 0 Å². The normalized spacial score (nSPS) is 10.3. The summed E-state index contributed by atoms with van der Waals surface area (Å²) in [5, 5.41) is 6.01. The van der Waals surface area contributed by atoms with Crippen LogP contribution in [0.3, 0.4) is 0 Å². The van der Waals surface area contributed by atoms with E-state index < -0.39 is 0 Å². The predicted octanol–water partition coefficient (Wildman–Crippen LogP) is 4.27. The van der Waals surface area contributed by atoms with Gasteiger partial charge in [-0.2, -0.15) is 0 Å². The van der Waals surface area contributed by atoms with Gasteiger partial charge in [-0.25, -0.2) is 14.4 Å². The first-order valence-electron chi connectivity index (χ1n) is 7.54. The Morgan fingerprint density at radius 1 is 1.08 bits per heavy atom. The summed E-state index contributed by atoms with van der Waals surface area (Å²) in [4.78, 5) is 20.4. The van der Waals surface area contributed by atoms with E-state index in [1.165, 1.54) is 31.6 Å². The molecular formula is C18H14ClFN4O2. The molecule has 0 saturated heterocycles. The van der Waals surface area contributed by atoms with Crippen LogP contribution in [0.4, 0.5) is 21.7 Å². The van der Waals surface area contributed by atoms with Crippen molar-refractivity contribution < 1.29 is 13.9 Å². The van der Waals surface area contributed by atoms with E-state index in [-0.39, 0.29) is 17.3 Å². The Morgan fingerprint density at radius 2 is 1.73 bits per heavy atom. The van der Waals surface area contributed by atoms with Crippen LogP contribution in [0.25, 0.3) is 0 Å². The number of anilines is 3. The molecule has 0 spiro atoms. The summed E-state index contributed by atoms with van der Waals surface area (Å²) in [6, 6.07) is 10.7. The lowest BCUT2D eigenvalue weighted by Crippen LogP contribution is -2.13. The summed E-state index contributed by atoms with van der Waals surface area (Å²) in [5.41, 5.74) is 1.44. The van der Waals surface area contributed by atoms with Gasteiger partial charge in [-0.15, -0.1) is 0 Å². The van der Waals surface area contributed by atoms with Gasteiger partial charge in [-0.3, -0.25) is 4.79 Å². The summed E-state index contributed by atoms with van der Waals surface area (Å²) in [5.74, 6) is 0.103. The van der Waals surface area contributed by atoms with Crippen molar-refractivity contribution in [2.45, 2.75) is 0 Å². The minimum Gasteiger partial charge on any atom is -0.495 e. The van der Waals surface area contributed by atoms with Crippen LogP contribution in [0, 0.1) is 5.82 Å². The fraction of sp³-hybridized carbons (Fsp3) is 0.0556. The van der Waals surface area contributed by atoms with E-state index >= 15 is 0 Å². The van der Waals surface area contributed by atoms with Crippen LogP contribution in [0.5, 0.6) is 5.75 Å². The topological polar surface area (TPSA) is 76.1 Å². The first-order valence-corrected chi connectivity index (χ1v) is 7.92. The van der Waals surface area contributed by atoms with Crippen molar-refractivity contribution in [3.8, 4) is 5.75 Å². The third kappa shape index (κ3) is 4.25. The lowest BCUT2D eigenvalue weighted by Gasteiger charge is -2.08. The van der Waals surface area contributed by atoms with Gasteiger partial charge in [0.1, 0.15) is 11.6 Å². The van der Waals surface area contributed by atoms with Crippen molar-refractivity contribution in [1.29, 1.82) is 0 Å². The SMILES string of the molecule is COc1ccc(NC(=O)c2cnc(Nc3ccc(F)cc3)nc2)cc1Cl. The number of aromatic nitrogens is 2. The summed E-state index contributed by atoms with van der Waals surface area (Å²) >= 11 is 6.03. The maximum Gasteiger partial charge on any atom is 0.258 e. The second-order valence-corrected chi connectivity index (χ2v) is 5.64. The number of amides is 1. The van der Waals surface area contributed by atoms with Crippen molar-refractivity contribution >= 4 is 34.8 Å². The monoisotopic (exact) mass is 372 g/mol. The van der Waals surface area contributed by atoms with Gasteiger partial charge < -0.3 is 15.4 Å². The highest BCUT2D eigenvalue weighted by molar-refractivity contribution is 6.32. The summed E-state index contributed by atoms with van der Waals surface area (Å²) in [7, 11) is 1.51. The van der Waals surface area contributed by atoms with E-state index in [2.05, 4.69) is 20.6 Å². The molecule has 132 valence electrons. The summed E-state index contributed by atoms with van der Waals surface area (Å²) < 4.78 is 18.0. The Kier molecular flexibility index (Phi) is 5.28. The van der Waals surface area contributed by atoms with E-state index in [4.69, 9.17) is 16.3 Å². The Hall–Kier alpha value is -3.19. The number of carbonyl (C=O) groups excluding carboxylic acids is 1. The molecule has 1 amide bonds. The standard InChI is InChI=1S/C18H14ClFN4O2/c1-26-16-7-6-14(8-15(16)19)23-17(25)11-9-21-18(22-10-11)24-13-4-2-12(20)3-5-13/h2-10H,1H3,(H,23,25)(H,21,22,24). The van der Waals surface area contributed by atoms with Crippen molar-refractivity contribution in [1.82, 2.24) is 9.97 Å². The molecule has 0 fully saturated rings. The zero-order valence-corrected chi connectivity index (χ0v) is 14.4. The molecule has 0 atom stereocenters. The van der Waals surface area contributed by atoms with Gasteiger partial charge in [0.05, 0.1) is 17.7 Å². The average Bonchev–Trinajstić information content (AvgIpc) is 2.64. The highest BCUT2D eigenvalue weighted by atomic mass is 35.5. The van der Waals surface area contributed by atoms with Crippen molar-refractivity contribution in [3.63, 3.8) is 0 Å². The van der Waals surface area contributed by atoms with Gasteiger partial charge in [0, 0.05) is 23.8 Å². The second kappa shape index (κ2) is 7.79. The van der Waals surface area contributed by atoms with Crippen LogP contribution < -0.4 is 15.4 Å². The molecule has 6 nitrogen and oxygen atoms in total. The van der Waals surface area contributed by atoms with Gasteiger partial charge in [-0.1, -0.05) is 11.6 Å². The minimum atomic E-state index is -0.375. The smallest absolute Gasteiger partial charge is 0.258 e. The maximum atomic E-state index is 12.9. The fourth-order valence-corrected chi connectivity index (χ4v) is 2.38. The lowest BCUT2D eigenvalue weighted by molar-refractivity contribution is 0.102. The molecule has 2 N–H and O–H groups in total. The van der Waals surface area contributed by atoms with Gasteiger partial charge in [0.2, 0.25) is 5.95 Å². The van der Waals surface area contributed by atoms with Gasteiger partial charge in [-0.05, 0) is 42.5 Å². The molecule has 0 saturated carbocycles. The van der Waals surface area contributed by atoms with Crippen LogP contribution in [0.15, 0.2) is 54.9 Å². The number of benzene rings is 2. The molecule has 3 rings (SSSR count). The molecule has 8 heteroatoms. The molecular weight excluding hydrogens is 359 g/mol. The second-order valence-electron chi connectivity index (χ2n) is 5.23. The van der Waals surface area contributed by atoms with Gasteiger partial charge in [0.15, 0.2) is 0 Å². The van der Waals surface area contributed by atoms with Crippen molar-refractivity contribution in [2.24, 2.45) is 0 Å². The molecule has 1 aromatic heterocycles. The van der Waals surface area contributed by atoms with Crippen molar-refractivity contribution in [3.05, 3.63) is 71.3 Å². The van der Waals surface area contributed by atoms with Gasteiger partial charge >= 0.3 is 0 Å². The van der Waals surface area contributed by atoms with Crippen molar-refractivity contribution in [2.75, 3.05) is 17.7 Å². The molecule has 0 radical (unpaired) electrons. The number of methoxy groups -OCH3 is 1. The predicted molar refractivity (Wildman–Crippen MR) is 97.7 cm³/mol. The first-order chi connectivity index (χ1) is 12.5. The quantitative estimate of drug-likeness (QED) is 0.699. The molecule has 0 aliphatic heterocycles. The molecule has 0 unspecified atom stereocenters. The first kappa shape index (κ1) is 17.6. The van der Waals surface area contributed by atoms with Crippen LogP contribution in [-0.4, -0.2) is 23.0 Å². The van der Waals surface area contributed by atoms with Crippen LogP contribution in [-0.2, 0) is 0 Å². The molecule has 26 heavy (non-hydrogen) atoms. The minimum absolute atomic E-state index is 0.279. The molecule has 0 aliphatic rings. The molecule has 3 aromatic rings. The summed E-state index contributed by atoms with van der Waals surface area (Å²) in [6.07, 6.45) is 2.78. The highest BCUT2D eigenvalue weighted by Gasteiger charge is 2.09. The average molecular weight is 373 g/mol. The summed E-state index contributed by atoms with van der Waals surface area (Å²) in [6.45, 7) is 0. The van der Waals surface area contributed by atoms with E-state index in [0.717, 1.165) is 0 Å². The number of halogens is 2. The Morgan fingerprint density at radius 3 is 2.35 bits per heavy atom. The van der Waals surface area contributed by atoms with E-state index in [9.17, 15) is 9.18 Å². The largest absolute Gasteiger partial charge is 0.495 e. The van der Waals surface area contributed by atoms with Gasteiger partial charge in [0.25, 0.3) is 5.91 Å². The number of nitrogens with one attached hydrogen (secondary N) is 2. The Balaban J connectivity index is 1.66. The zero-order valence-electron chi connectivity index (χ0n) is 13.7. The molecule has 0 bridgehead atoms. The number of rotatable bonds is 5. The fourth-order valence-electron chi connectivity index (χ4n) is 2.12. The zero-order chi connectivity index (χ0) is 18.5. The highest BCUT2D eigenvalue weighted by Crippen LogP contribution is 2.27. The van der Waals surface area contributed by atoms with E-state index in [1.54, 1.807) is 30.3 Å². The third-order valence-corrected chi connectivity index (χ3v) is 3.72. The number of hydrogen-bond donors (Lipinski definition) is 2. The molecule has 0 aliphatic carbocycles. The number of nitrogens with zero attached hydrogens (tertiary/aromatic N) is 2. The van der Waals surface area contributed by atoms with Crippen LogP contribution >= 0.6 is 11.6 Å². The maximum absolute atomic E-state index is 12.9. The number of ether oxygens (including phenoxy) is 1. The van der Waals surface area contributed by atoms with Crippen LogP contribution in [0.1, 0.15) is 10.4 Å². The number of hydrogen-bond acceptors (Lipinski definition) is 5. The Labute approximate surface area is 154 Å². The third-order valence-electron chi connectivity index (χ3n) is 3.42. The number of carbonyl (C=O) groups is 1. The lowest BCUT2D eigenvalue weighted by atomic mass is 10.2. The Bertz CT molecular complexity index is 917.